The topological polar surface area (TPSA) is 66.5 Å². The first-order valence-electron chi connectivity index (χ1n) is 9.08. The van der Waals surface area contributed by atoms with E-state index in [0.717, 1.165) is 5.56 Å². The lowest BCUT2D eigenvalue weighted by Gasteiger charge is -2.31. The van der Waals surface area contributed by atoms with Gasteiger partial charge < -0.3 is 5.32 Å². The number of hydrogen-bond acceptors (Lipinski definition) is 3. The summed E-state index contributed by atoms with van der Waals surface area (Å²) in [6.45, 7) is 0.943. The van der Waals surface area contributed by atoms with Crippen molar-refractivity contribution in [2.45, 2.75) is 25.1 Å². The Kier molecular flexibility index (Phi) is 6.99. The van der Waals surface area contributed by atoms with E-state index in [9.17, 15) is 13.2 Å². The molecule has 150 valence electrons. The number of halogens is 2. The van der Waals surface area contributed by atoms with Gasteiger partial charge in [0.15, 0.2) is 0 Å². The van der Waals surface area contributed by atoms with E-state index >= 15 is 0 Å². The molecule has 2 aromatic carbocycles. The van der Waals surface area contributed by atoms with Gasteiger partial charge in [-0.1, -0.05) is 53.5 Å². The van der Waals surface area contributed by atoms with E-state index < -0.39 is 10.0 Å². The van der Waals surface area contributed by atoms with Crippen LogP contribution in [0, 0.1) is 5.92 Å². The Labute approximate surface area is 175 Å². The highest BCUT2D eigenvalue weighted by Crippen LogP contribution is 2.23. The monoisotopic (exact) mass is 440 g/mol. The van der Waals surface area contributed by atoms with Gasteiger partial charge in [0.25, 0.3) is 0 Å². The molecule has 0 unspecified atom stereocenters. The fourth-order valence-corrected chi connectivity index (χ4v) is 5.32. The van der Waals surface area contributed by atoms with Gasteiger partial charge in [-0.05, 0) is 42.2 Å². The summed E-state index contributed by atoms with van der Waals surface area (Å²) in [5.74, 6) is -0.644. The molecule has 5 nitrogen and oxygen atoms in total. The van der Waals surface area contributed by atoms with Crippen LogP contribution < -0.4 is 5.32 Å². The molecule has 0 aliphatic carbocycles. The lowest BCUT2D eigenvalue weighted by atomic mass is 9.99. The largest absolute Gasteiger partial charge is 0.352 e. The van der Waals surface area contributed by atoms with Crippen LogP contribution in [-0.4, -0.2) is 31.7 Å². The van der Waals surface area contributed by atoms with Crippen LogP contribution in [0.3, 0.4) is 0 Å². The van der Waals surface area contributed by atoms with Gasteiger partial charge in [0.2, 0.25) is 15.9 Å². The molecule has 0 radical (unpaired) electrons. The van der Waals surface area contributed by atoms with E-state index in [1.807, 2.05) is 18.2 Å². The van der Waals surface area contributed by atoms with Crippen LogP contribution in [0.15, 0.2) is 48.5 Å². The number of carbonyl (C=O) groups excluding carboxylic acids is 1. The summed E-state index contributed by atoms with van der Waals surface area (Å²) < 4.78 is 27.0. The molecule has 0 bridgehead atoms. The molecule has 0 aromatic heterocycles. The predicted molar refractivity (Wildman–Crippen MR) is 112 cm³/mol. The molecule has 1 N–H and O–H groups in total. The number of piperidine rings is 1. The number of rotatable bonds is 6. The standard InChI is InChI=1S/C20H22Cl2N2O3S/c21-18-8-3-5-15(11-18)14-28(26,27)24-10-4-7-17(13-24)20(25)23-12-16-6-1-2-9-19(16)22/h1-3,5-6,8-9,11,17H,4,7,10,12-14H2,(H,23,25)/t17-/m0/s1. The van der Waals surface area contributed by atoms with E-state index in [0.29, 0.717) is 41.5 Å². The summed E-state index contributed by atoms with van der Waals surface area (Å²) >= 11 is 12.1. The summed E-state index contributed by atoms with van der Waals surface area (Å²) in [6.07, 6.45) is 1.32. The van der Waals surface area contributed by atoms with Gasteiger partial charge in [-0.15, -0.1) is 0 Å². The van der Waals surface area contributed by atoms with Gasteiger partial charge in [-0.2, -0.15) is 0 Å². The van der Waals surface area contributed by atoms with E-state index in [1.165, 1.54) is 4.31 Å². The Balaban J connectivity index is 1.61. The van der Waals surface area contributed by atoms with Crippen molar-refractivity contribution in [3.05, 3.63) is 69.7 Å². The molecule has 1 saturated heterocycles. The van der Waals surface area contributed by atoms with Crippen molar-refractivity contribution in [2.75, 3.05) is 13.1 Å². The molecule has 1 aliphatic heterocycles. The molecule has 2 aromatic rings. The van der Waals surface area contributed by atoms with Crippen molar-refractivity contribution in [2.24, 2.45) is 5.92 Å². The number of nitrogens with zero attached hydrogens (tertiary/aromatic N) is 1. The third kappa shape index (κ3) is 5.47. The minimum atomic E-state index is -3.52. The average Bonchev–Trinajstić information content (AvgIpc) is 2.67. The predicted octanol–water partition coefficient (Wildman–Crippen LogP) is 3.85. The molecule has 3 rings (SSSR count). The molecular weight excluding hydrogens is 419 g/mol. The lowest BCUT2D eigenvalue weighted by molar-refractivity contribution is -0.126. The van der Waals surface area contributed by atoms with E-state index in [1.54, 1.807) is 30.3 Å². The molecule has 1 amide bonds. The van der Waals surface area contributed by atoms with Crippen LogP contribution >= 0.6 is 23.2 Å². The average molecular weight is 441 g/mol. The fraction of sp³-hybridized carbons (Fsp3) is 0.350. The second kappa shape index (κ2) is 9.27. The molecule has 1 atom stereocenters. The SMILES string of the molecule is O=C(NCc1ccccc1Cl)[C@H]1CCCN(S(=O)(=O)Cc2cccc(Cl)c2)C1. The van der Waals surface area contributed by atoms with E-state index in [-0.39, 0.29) is 24.1 Å². The number of amides is 1. The zero-order valence-corrected chi connectivity index (χ0v) is 17.6. The Morgan fingerprint density at radius 3 is 2.68 bits per heavy atom. The molecular formula is C20H22Cl2N2O3S. The number of sulfonamides is 1. The van der Waals surface area contributed by atoms with Gasteiger partial charge in [-0.25, -0.2) is 12.7 Å². The van der Waals surface area contributed by atoms with Crippen molar-refractivity contribution >= 4 is 39.1 Å². The Hall–Kier alpha value is -1.60. The highest BCUT2D eigenvalue weighted by molar-refractivity contribution is 7.88. The van der Waals surface area contributed by atoms with E-state index in [2.05, 4.69) is 5.32 Å². The zero-order valence-electron chi connectivity index (χ0n) is 15.3. The first kappa shape index (κ1) is 21.1. The van der Waals surface area contributed by atoms with E-state index in [4.69, 9.17) is 23.2 Å². The normalized spacial score (nSPS) is 18.0. The molecule has 1 heterocycles. The maximum absolute atomic E-state index is 12.8. The van der Waals surface area contributed by atoms with Gasteiger partial charge in [0, 0.05) is 29.7 Å². The molecule has 0 saturated carbocycles. The Bertz CT molecular complexity index is 950. The van der Waals surface area contributed by atoms with Crippen LogP contribution in [0.5, 0.6) is 0 Å². The second-order valence-electron chi connectivity index (χ2n) is 6.89. The molecule has 1 fully saturated rings. The number of benzene rings is 2. The summed E-state index contributed by atoms with van der Waals surface area (Å²) in [5, 5.41) is 3.97. The molecule has 1 aliphatic rings. The summed E-state index contributed by atoms with van der Waals surface area (Å²) in [4.78, 5) is 12.6. The minimum absolute atomic E-state index is 0.123. The van der Waals surface area contributed by atoms with Crippen LogP contribution in [0.4, 0.5) is 0 Å². The highest BCUT2D eigenvalue weighted by atomic mass is 35.5. The molecule has 8 heteroatoms. The maximum Gasteiger partial charge on any atom is 0.224 e. The Morgan fingerprint density at radius 2 is 1.93 bits per heavy atom. The first-order valence-corrected chi connectivity index (χ1v) is 11.4. The number of carbonyl (C=O) groups is 1. The second-order valence-corrected chi connectivity index (χ2v) is 9.71. The quantitative estimate of drug-likeness (QED) is 0.741. The lowest BCUT2D eigenvalue weighted by Crippen LogP contribution is -2.45. The number of nitrogens with one attached hydrogen (secondary N) is 1. The maximum atomic E-state index is 12.8. The zero-order chi connectivity index (χ0) is 20.1. The van der Waals surface area contributed by atoms with Crippen molar-refractivity contribution in [1.82, 2.24) is 9.62 Å². The van der Waals surface area contributed by atoms with Crippen LogP contribution in [-0.2, 0) is 27.1 Å². The van der Waals surface area contributed by atoms with Crippen LogP contribution in [0.2, 0.25) is 10.0 Å². The number of hydrogen-bond donors (Lipinski definition) is 1. The highest BCUT2D eigenvalue weighted by Gasteiger charge is 2.32. The summed E-state index contributed by atoms with van der Waals surface area (Å²) in [7, 11) is -3.52. The minimum Gasteiger partial charge on any atom is -0.352 e. The van der Waals surface area contributed by atoms with Crippen molar-refractivity contribution in [3.63, 3.8) is 0 Å². The molecule has 28 heavy (non-hydrogen) atoms. The van der Waals surface area contributed by atoms with Gasteiger partial charge in [0.05, 0.1) is 11.7 Å². The first-order chi connectivity index (χ1) is 13.3. The van der Waals surface area contributed by atoms with Crippen LogP contribution in [0.1, 0.15) is 24.0 Å². The molecule has 0 spiro atoms. The third-order valence-corrected chi connectivity index (χ3v) is 7.22. The van der Waals surface area contributed by atoms with Gasteiger partial charge >= 0.3 is 0 Å². The fourth-order valence-electron chi connectivity index (χ4n) is 3.31. The third-order valence-electron chi connectivity index (χ3n) is 4.80. The smallest absolute Gasteiger partial charge is 0.224 e. The Morgan fingerprint density at radius 1 is 1.14 bits per heavy atom. The van der Waals surface area contributed by atoms with Crippen LogP contribution in [0.25, 0.3) is 0 Å². The summed E-state index contributed by atoms with van der Waals surface area (Å²) in [6, 6.07) is 14.1. The van der Waals surface area contributed by atoms with Gasteiger partial charge in [-0.3, -0.25) is 4.79 Å². The summed E-state index contributed by atoms with van der Waals surface area (Å²) in [5.41, 5.74) is 1.47. The van der Waals surface area contributed by atoms with Gasteiger partial charge in [0.1, 0.15) is 0 Å². The van der Waals surface area contributed by atoms with Crippen molar-refractivity contribution in [3.8, 4) is 0 Å². The van der Waals surface area contributed by atoms with Crippen molar-refractivity contribution < 1.29 is 13.2 Å². The van der Waals surface area contributed by atoms with Crippen molar-refractivity contribution in [1.29, 1.82) is 0 Å².